The van der Waals surface area contributed by atoms with Crippen molar-refractivity contribution >= 4 is 16.8 Å². The lowest BCUT2D eigenvalue weighted by Gasteiger charge is -2.18. The molecule has 0 aliphatic rings. The maximum absolute atomic E-state index is 11.8. The van der Waals surface area contributed by atoms with E-state index in [0.29, 0.717) is 0 Å². The van der Waals surface area contributed by atoms with E-state index in [4.69, 9.17) is 0 Å². The Balaban J connectivity index is 4.57. The van der Waals surface area contributed by atoms with Crippen LogP contribution in [0.15, 0.2) is 0 Å². The van der Waals surface area contributed by atoms with Crippen molar-refractivity contribution < 1.29 is 22.4 Å². The first-order valence-electron chi connectivity index (χ1n) is 2.15. The molecule has 0 saturated heterocycles. The van der Waals surface area contributed by atoms with Crippen molar-refractivity contribution in [3.63, 3.8) is 0 Å². The van der Waals surface area contributed by atoms with Crippen LogP contribution in [-0.2, 0) is 4.79 Å². The summed E-state index contributed by atoms with van der Waals surface area (Å²) in [5, 5.41) is -2.35. The van der Waals surface area contributed by atoms with Crippen LogP contribution in [0.2, 0.25) is 0 Å². The summed E-state index contributed by atoms with van der Waals surface area (Å²) < 4.78 is 47.0. The van der Waals surface area contributed by atoms with Gasteiger partial charge in [-0.1, -0.05) is 0 Å². The Hall–Kier alpha value is -0.320. The molecule has 0 aliphatic heterocycles. The van der Waals surface area contributed by atoms with Crippen molar-refractivity contribution in [3.8, 4) is 0 Å². The summed E-state index contributed by atoms with van der Waals surface area (Å²) >= 11 is 4.19. The zero-order chi connectivity index (χ0) is 8.58. The highest BCUT2D eigenvalue weighted by molar-refractivity contribution is 6.65. The fraction of sp³-hybridized carbons (Fsp3) is 0.750. The van der Waals surface area contributed by atoms with E-state index in [1.807, 2.05) is 0 Å². The molecule has 0 rings (SSSR count). The van der Waals surface area contributed by atoms with Gasteiger partial charge in [0.05, 0.1) is 0 Å². The molecular weight excluding hydrogens is 175 g/mol. The average molecular weight is 179 g/mol. The van der Waals surface area contributed by atoms with E-state index >= 15 is 0 Å². The van der Waals surface area contributed by atoms with Crippen molar-refractivity contribution in [2.75, 3.05) is 0 Å². The highest BCUT2D eigenvalue weighted by Gasteiger charge is 2.57. The van der Waals surface area contributed by atoms with Crippen molar-refractivity contribution in [1.29, 1.82) is 0 Å². The molecule has 0 heterocycles. The standard InChI is InChI=1S/C4H3ClF4O/c1-3(6,7)4(8,9)2(5)10/h1H3. The molecule has 0 N–H and O–H groups in total. The Morgan fingerprint density at radius 1 is 1.30 bits per heavy atom. The van der Waals surface area contributed by atoms with E-state index in [1.54, 1.807) is 0 Å². The Morgan fingerprint density at radius 3 is 1.60 bits per heavy atom. The maximum atomic E-state index is 11.8. The molecule has 0 aromatic rings. The maximum Gasteiger partial charge on any atom is 0.381 e. The van der Waals surface area contributed by atoms with Crippen LogP contribution in [0.3, 0.4) is 0 Å². The van der Waals surface area contributed by atoms with Gasteiger partial charge in [0.1, 0.15) is 0 Å². The molecule has 0 saturated carbocycles. The number of hydrogen-bond donors (Lipinski definition) is 0. The molecule has 6 heteroatoms. The van der Waals surface area contributed by atoms with Gasteiger partial charge in [0.15, 0.2) is 0 Å². The summed E-state index contributed by atoms with van der Waals surface area (Å²) in [6.07, 6.45) is 0. The third-order valence-electron chi connectivity index (χ3n) is 0.798. The van der Waals surface area contributed by atoms with Gasteiger partial charge in [0.2, 0.25) is 0 Å². The first kappa shape index (κ1) is 9.68. The van der Waals surface area contributed by atoms with Crippen LogP contribution >= 0.6 is 11.6 Å². The van der Waals surface area contributed by atoms with Crippen LogP contribution in [-0.4, -0.2) is 17.1 Å². The average Bonchev–Trinajstić information content (AvgIpc) is 1.62. The van der Waals surface area contributed by atoms with Crippen LogP contribution in [0.4, 0.5) is 17.6 Å². The molecule has 0 radical (unpaired) electrons. The summed E-state index contributed by atoms with van der Waals surface area (Å²) in [6, 6.07) is 0. The van der Waals surface area contributed by atoms with Crippen molar-refractivity contribution in [1.82, 2.24) is 0 Å². The molecule has 0 atom stereocenters. The minimum atomic E-state index is -4.77. The number of halogens is 5. The van der Waals surface area contributed by atoms with E-state index in [9.17, 15) is 22.4 Å². The third-order valence-corrected chi connectivity index (χ3v) is 1.04. The Labute approximate surface area is 59.0 Å². The van der Waals surface area contributed by atoms with Gasteiger partial charge in [-0.05, 0) is 11.6 Å². The smallest absolute Gasteiger partial charge is 0.274 e. The van der Waals surface area contributed by atoms with Gasteiger partial charge in [0.25, 0.3) is 5.24 Å². The zero-order valence-electron chi connectivity index (χ0n) is 4.80. The second kappa shape index (κ2) is 2.38. The van der Waals surface area contributed by atoms with Gasteiger partial charge in [-0.3, -0.25) is 4.79 Å². The van der Waals surface area contributed by atoms with E-state index in [1.165, 1.54) is 0 Å². The molecule has 0 aliphatic carbocycles. The predicted octanol–water partition coefficient (Wildman–Crippen LogP) is 2.04. The van der Waals surface area contributed by atoms with Gasteiger partial charge >= 0.3 is 11.8 Å². The number of rotatable bonds is 2. The number of alkyl halides is 4. The van der Waals surface area contributed by atoms with Gasteiger partial charge in [-0.2, -0.15) is 17.6 Å². The zero-order valence-corrected chi connectivity index (χ0v) is 5.55. The SMILES string of the molecule is CC(F)(F)C(F)(F)C(=O)Cl. The van der Waals surface area contributed by atoms with Crippen LogP contribution in [0.5, 0.6) is 0 Å². The Kier molecular flexibility index (Phi) is 2.30. The molecule has 0 fully saturated rings. The van der Waals surface area contributed by atoms with E-state index in [2.05, 4.69) is 11.6 Å². The monoisotopic (exact) mass is 178 g/mol. The molecule has 0 amide bonds. The number of carbonyl (C=O) groups excluding carboxylic acids is 1. The summed E-state index contributed by atoms with van der Waals surface area (Å²) in [5.74, 6) is -9.17. The second-order valence-corrected chi connectivity index (χ2v) is 2.08. The van der Waals surface area contributed by atoms with Gasteiger partial charge in [-0.15, -0.1) is 0 Å². The van der Waals surface area contributed by atoms with E-state index in [-0.39, 0.29) is 6.92 Å². The molecule has 1 nitrogen and oxygen atoms in total. The van der Waals surface area contributed by atoms with Gasteiger partial charge in [0, 0.05) is 6.92 Å². The van der Waals surface area contributed by atoms with Crippen LogP contribution in [0, 0.1) is 0 Å². The summed E-state index contributed by atoms with van der Waals surface area (Å²) in [4.78, 5) is 9.65. The largest absolute Gasteiger partial charge is 0.381 e. The quantitative estimate of drug-likeness (QED) is 0.467. The van der Waals surface area contributed by atoms with Crippen LogP contribution < -0.4 is 0 Å². The first-order valence-corrected chi connectivity index (χ1v) is 2.53. The normalized spacial score (nSPS) is 13.4. The highest BCUT2D eigenvalue weighted by atomic mass is 35.5. The van der Waals surface area contributed by atoms with Crippen LogP contribution in [0.1, 0.15) is 6.92 Å². The second-order valence-electron chi connectivity index (χ2n) is 1.74. The lowest BCUT2D eigenvalue weighted by Crippen LogP contribution is -2.42. The minimum absolute atomic E-state index is 0.0761. The molecule has 0 aromatic carbocycles. The fourth-order valence-corrected chi connectivity index (χ4v) is 0.338. The van der Waals surface area contributed by atoms with Crippen molar-refractivity contribution in [3.05, 3.63) is 0 Å². The summed E-state index contributed by atoms with van der Waals surface area (Å²) in [6.45, 7) is -0.0761. The molecule has 60 valence electrons. The number of hydrogen-bond acceptors (Lipinski definition) is 1. The third kappa shape index (κ3) is 1.59. The Bertz CT molecular complexity index is 150. The summed E-state index contributed by atoms with van der Waals surface area (Å²) in [7, 11) is 0. The lowest BCUT2D eigenvalue weighted by atomic mass is 10.2. The summed E-state index contributed by atoms with van der Waals surface area (Å²) in [5.41, 5.74) is 0. The first-order chi connectivity index (χ1) is 4.19. The van der Waals surface area contributed by atoms with Crippen LogP contribution in [0.25, 0.3) is 0 Å². The topological polar surface area (TPSA) is 17.1 Å². The number of carbonyl (C=O) groups is 1. The van der Waals surface area contributed by atoms with Crippen molar-refractivity contribution in [2.45, 2.75) is 18.8 Å². The Morgan fingerprint density at radius 2 is 1.60 bits per heavy atom. The lowest BCUT2D eigenvalue weighted by molar-refractivity contribution is -0.193. The minimum Gasteiger partial charge on any atom is -0.274 e. The van der Waals surface area contributed by atoms with Crippen molar-refractivity contribution in [2.24, 2.45) is 0 Å². The van der Waals surface area contributed by atoms with Gasteiger partial charge < -0.3 is 0 Å². The van der Waals surface area contributed by atoms with Gasteiger partial charge in [-0.25, -0.2) is 0 Å². The van der Waals surface area contributed by atoms with E-state index < -0.39 is 17.1 Å². The highest BCUT2D eigenvalue weighted by Crippen LogP contribution is 2.35. The molecule has 0 spiro atoms. The molecular formula is C4H3ClF4O. The molecule has 0 bridgehead atoms. The predicted molar refractivity (Wildman–Crippen MR) is 26.4 cm³/mol. The molecule has 0 aromatic heterocycles. The molecule has 0 unspecified atom stereocenters. The fourth-order valence-electron chi connectivity index (χ4n) is 0.173. The molecule has 10 heavy (non-hydrogen) atoms. The van der Waals surface area contributed by atoms with E-state index in [0.717, 1.165) is 0 Å².